The van der Waals surface area contributed by atoms with Crippen LogP contribution in [-0.4, -0.2) is 50.1 Å². The van der Waals surface area contributed by atoms with Crippen molar-refractivity contribution in [2.45, 2.75) is 39.5 Å². The Kier molecular flexibility index (Phi) is 7.83. The average Bonchev–Trinajstić information content (AvgIpc) is 2.49. The SMILES string of the molecule is CN=C(NCc1ccc(F)c(COC)c1)N(C)CC(=O)NC(C)(C)C. The lowest BCUT2D eigenvalue weighted by atomic mass is 10.1. The first-order valence-corrected chi connectivity index (χ1v) is 8.15. The Balaban J connectivity index is 2.64. The molecule has 2 N–H and O–H groups in total. The smallest absolute Gasteiger partial charge is 0.240 e. The fraction of sp³-hybridized carbons (Fsp3) is 0.556. The number of amides is 1. The first kappa shape index (κ1) is 20.9. The minimum Gasteiger partial charge on any atom is -0.380 e. The number of benzene rings is 1. The largest absolute Gasteiger partial charge is 0.380 e. The number of nitrogens with zero attached hydrogens (tertiary/aromatic N) is 2. The molecule has 140 valence electrons. The molecule has 7 heteroatoms. The van der Waals surface area contributed by atoms with Crippen LogP contribution in [0.1, 0.15) is 31.9 Å². The van der Waals surface area contributed by atoms with Crippen molar-refractivity contribution in [2.24, 2.45) is 4.99 Å². The van der Waals surface area contributed by atoms with Crippen molar-refractivity contribution in [2.75, 3.05) is 27.7 Å². The van der Waals surface area contributed by atoms with E-state index in [1.165, 1.54) is 13.2 Å². The number of likely N-dealkylation sites (N-methyl/N-ethyl adjacent to an activating group) is 1. The summed E-state index contributed by atoms with van der Waals surface area (Å²) in [4.78, 5) is 17.9. The Morgan fingerprint density at radius 2 is 2.04 bits per heavy atom. The van der Waals surface area contributed by atoms with Gasteiger partial charge < -0.3 is 20.3 Å². The van der Waals surface area contributed by atoms with Crippen molar-refractivity contribution in [3.63, 3.8) is 0 Å². The molecule has 1 amide bonds. The fourth-order valence-electron chi connectivity index (χ4n) is 2.32. The van der Waals surface area contributed by atoms with Gasteiger partial charge in [0.1, 0.15) is 5.82 Å². The molecule has 25 heavy (non-hydrogen) atoms. The maximum absolute atomic E-state index is 13.7. The molecule has 6 nitrogen and oxygen atoms in total. The number of carbonyl (C=O) groups excluding carboxylic acids is 1. The number of hydrogen-bond acceptors (Lipinski definition) is 3. The molecule has 0 atom stereocenters. The lowest BCUT2D eigenvalue weighted by Crippen LogP contribution is -2.48. The van der Waals surface area contributed by atoms with E-state index in [0.29, 0.717) is 18.1 Å². The first-order chi connectivity index (χ1) is 11.7. The third kappa shape index (κ3) is 7.51. The second kappa shape index (κ2) is 9.36. The van der Waals surface area contributed by atoms with E-state index in [9.17, 15) is 9.18 Å². The van der Waals surface area contributed by atoms with Crippen LogP contribution in [0.15, 0.2) is 23.2 Å². The van der Waals surface area contributed by atoms with E-state index in [1.54, 1.807) is 31.1 Å². The summed E-state index contributed by atoms with van der Waals surface area (Å²) in [7, 11) is 4.98. The number of aliphatic imine (C=N–C) groups is 1. The zero-order valence-corrected chi connectivity index (χ0v) is 15.9. The van der Waals surface area contributed by atoms with E-state index in [2.05, 4.69) is 15.6 Å². The van der Waals surface area contributed by atoms with Crippen molar-refractivity contribution in [1.29, 1.82) is 0 Å². The third-order valence-corrected chi connectivity index (χ3v) is 3.33. The number of nitrogens with one attached hydrogen (secondary N) is 2. The number of rotatable bonds is 6. The Morgan fingerprint density at radius 3 is 2.60 bits per heavy atom. The quantitative estimate of drug-likeness (QED) is 0.606. The molecule has 0 saturated heterocycles. The molecular weight excluding hydrogens is 323 g/mol. The maximum atomic E-state index is 13.7. The van der Waals surface area contributed by atoms with Crippen LogP contribution in [0.5, 0.6) is 0 Å². The van der Waals surface area contributed by atoms with E-state index >= 15 is 0 Å². The summed E-state index contributed by atoms with van der Waals surface area (Å²) in [6.07, 6.45) is 0. The molecule has 0 fully saturated rings. The number of carbonyl (C=O) groups is 1. The Morgan fingerprint density at radius 1 is 1.36 bits per heavy atom. The van der Waals surface area contributed by atoms with Gasteiger partial charge in [-0.05, 0) is 38.5 Å². The van der Waals surface area contributed by atoms with Gasteiger partial charge in [-0.2, -0.15) is 0 Å². The van der Waals surface area contributed by atoms with E-state index < -0.39 is 0 Å². The van der Waals surface area contributed by atoms with Crippen molar-refractivity contribution in [3.05, 3.63) is 35.1 Å². The highest BCUT2D eigenvalue weighted by atomic mass is 19.1. The number of hydrogen-bond donors (Lipinski definition) is 2. The van der Waals surface area contributed by atoms with E-state index in [1.807, 2.05) is 20.8 Å². The van der Waals surface area contributed by atoms with Gasteiger partial charge in [0, 0.05) is 38.9 Å². The first-order valence-electron chi connectivity index (χ1n) is 8.15. The highest BCUT2D eigenvalue weighted by Gasteiger charge is 2.16. The number of guanidine groups is 1. The van der Waals surface area contributed by atoms with Crippen LogP contribution in [0.2, 0.25) is 0 Å². The zero-order valence-electron chi connectivity index (χ0n) is 15.9. The van der Waals surface area contributed by atoms with Gasteiger partial charge in [0.2, 0.25) is 5.91 Å². The maximum Gasteiger partial charge on any atom is 0.240 e. The van der Waals surface area contributed by atoms with Gasteiger partial charge in [0.15, 0.2) is 5.96 Å². The molecule has 0 aliphatic rings. The van der Waals surface area contributed by atoms with E-state index in [4.69, 9.17) is 4.74 Å². The molecule has 1 aromatic rings. The van der Waals surface area contributed by atoms with Crippen LogP contribution in [0.25, 0.3) is 0 Å². The monoisotopic (exact) mass is 352 g/mol. The lowest BCUT2D eigenvalue weighted by molar-refractivity contribution is -0.122. The highest BCUT2D eigenvalue weighted by molar-refractivity contribution is 5.86. The van der Waals surface area contributed by atoms with Gasteiger partial charge >= 0.3 is 0 Å². The summed E-state index contributed by atoms with van der Waals surface area (Å²) in [5, 5.41) is 6.09. The third-order valence-electron chi connectivity index (χ3n) is 3.33. The highest BCUT2D eigenvalue weighted by Crippen LogP contribution is 2.11. The normalized spacial score (nSPS) is 12.0. The van der Waals surface area contributed by atoms with E-state index in [0.717, 1.165) is 5.56 Å². The summed E-state index contributed by atoms with van der Waals surface area (Å²) in [5.41, 5.74) is 1.14. The van der Waals surface area contributed by atoms with Crippen LogP contribution in [-0.2, 0) is 22.7 Å². The summed E-state index contributed by atoms with van der Waals surface area (Å²) in [6.45, 7) is 6.68. The summed E-state index contributed by atoms with van der Waals surface area (Å²) >= 11 is 0. The van der Waals surface area contributed by atoms with Crippen molar-refractivity contribution < 1.29 is 13.9 Å². The number of halogens is 1. The summed E-state index contributed by atoms with van der Waals surface area (Å²) in [5.74, 6) is 0.217. The van der Waals surface area contributed by atoms with Crippen LogP contribution >= 0.6 is 0 Å². The zero-order chi connectivity index (χ0) is 19.0. The fourth-order valence-corrected chi connectivity index (χ4v) is 2.32. The minimum absolute atomic E-state index is 0.0814. The van der Waals surface area contributed by atoms with Crippen LogP contribution in [0.4, 0.5) is 4.39 Å². The molecule has 0 aliphatic heterocycles. The van der Waals surface area contributed by atoms with Crippen LogP contribution in [0.3, 0.4) is 0 Å². The standard InChI is InChI=1S/C18H29FN4O2/c1-18(2,3)22-16(24)11-23(5)17(20-4)21-10-13-7-8-15(19)14(9-13)12-25-6/h7-9H,10-12H2,1-6H3,(H,20,21)(H,22,24). The van der Waals surface area contributed by atoms with E-state index in [-0.39, 0.29) is 30.4 Å². The minimum atomic E-state index is -0.286. The topological polar surface area (TPSA) is 66.0 Å². The van der Waals surface area contributed by atoms with Gasteiger partial charge in [-0.3, -0.25) is 9.79 Å². The van der Waals surface area contributed by atoms with Crippen LogP contribution in [0, 0.1) is 5.82 Å². The van der Waals surface area contributed by atoms with Gasteiger partial charge in [0.25, 0.3) is 0 Å². The van der Waals surface area contributed by atoms with Gasteiger partial charge in [-0.1, -0.05) is 6.07 Å². The molecule has 0 unspecified atom stereocenters. The molecule has 0 bridgehead atoms. The Labute approximate surface area is 149 Å². The number of methoxy groups -OCH3 is 1. The summed E-state index contributed by atoms with van der Waals surface area (Å²) in [6, 6.07) is 4.89. The predicted molar refractivity (Wildman–Crippen MR) is 97.8 cm³/mol. The van der Waals surface area contributed by atoms with Gasteiger partial charge in [-0.25, -0.2) is 4.39 Å². The van der Waals surface area contributed by atoms with Crippen LogP contribution < -0.4 is 10.6 Å². The Bertz CT molecular complexity index is 612. The molecular formula is C18H29FN4O2. The lowest BCUT2D eigenvalue weighted by Gasteiger charge is -2.25. The molecule has 1 rings (SSSR count). The molecule has 0 aromatic heterocycles. The molecule has 0 heterocycles. The second-order valence-electron chi connectivity index (χ2n) is 6.91. The van der Waals surface area contributed by atoms with Gasteiger partial charge in [-0.15, -0.1) is 0 Å². The average molecular weight is 352 g/mol. The predicted octanol–water partition coefficient (Wildman–Crippen LogP) is 1.89. The van der Waals surface area contributed by atoms with Crippen molar-refractivity contribution in [3.8, 4) is 0 Å². The van der Waals surface area contributed by atoms with Crippen molar-refractivity contribution in [1.82, 2.24) is 15.5 Å². The van der Waals surface area contributed by atoms with Gasteiger partial charge in [0.05, 0.1) is 13.2 Å². The Hall–Kier alpha value is -2.15. The second-order valence-corrected chi connectivity index (χ2v) is 6.91. The molecule has 0 saturated carbocycles. The molecule has 0 spiro atoms. The molecule has 1 aromatic carbocycles. The molecule has 0 radical (unpaired) electrons. The number of ether oxygens (including phenoxy) is 1. The summed E-state index contributed by atoms with van der Waals surface area (Å²) < 4.78 is 18.6. The van der Waals surface area contributed by atoms with Crippen molar-refractivity contribution >= 4 is 11.9 Å². The molecule has 0 aliphatic carbocycles.